The second-order valence-corrected chi connectivity index (χ2v) is 12.5. The molecule has 200 valence electrons. The minimum Gasteiger partial charge on any atom is -0.381 e. The number of halogens is 1. The van der Waals surface area contributed by atoms with Crippen LogP contribution in [0.1, 0.15) is 17.0 Å². The summed E-state index contributed by atoms with van der Waals surface area (Å²) < 4.78 is 60.1. The summed E-state index contributed by atoms with van der Waals surface area (Å²) in [6.07, 6.45) is 4.98. The smallest absolute Gasteiger partial charge is 0.270 e. The number of fused-ring (bicyclic) bond motifs is 4. The molecule has 0 aliphatic carbocycles. The van der Waals surface area contributed by atoms with Gasteiger partial charge in [0.05, 0.1) is 46.2 Å². The first-order valence-electron chi connectivity index (χ1n) is 14.1. The summed E-state index contributed by atoms with van der Waals surface area (Å²) >= 11 is 3.69. The van der Waals surface area contributed by atoms with Crippen molar-refractivity contribution < 1.29 is 17.3 Å². The third-order valence-electron chi connectivity index (χ3n) is 7.67. The largest absolute Gasteiger partial charge is 0.381 e. The van der Waals surface area contributed by atoms with Gasteiger partial charge in [-0.2, -0.15) is 5.10 Å². The molecule has 1 saturated heterocycles. The molecular formula is C28H27BrN6O3S. The van der Waals surface area contributed by atoms with Crippen LogP contribution in [0.15, 0.2) is 70.4 Å². The summed E-state index contributed by atoms with van der Waals surface area (Å²) in [4.78, 5) is 9.36. The fraction of sp³-hybridized carbons (Fsp3) is 0.286. The summed E-state index contributed by atoms with van der Waals surface area (Å²) in [6.45, 7) is -0.459. The third kappa shape index (κ3) is 3.70. The molecule has 0 unspecified atom stereocenters. The van der Waals surface area contributed by atoms with Crippen molar-refractivity contribution in [1.29, 1.82) is 0 Å². The second kappa shape index (κ2) is 9.07. The lowest BCUT2D eigenvalue weighted by molar-refractivity contribution is 0.0848. The molecule has 2 aliphatic heterocycles. The minimum atomic E-state index is -4.05. The van der Waals surface area contributed by atoms with E-state index in [0.29, 0.717) is 57.5 Å². The van der Waals surface area contributed by atoms with Crippen molar-refractivity contribution in [1.82, 2.24) is 18.7 Å². The van der Waals surface area contributed by atoms with E-state index in [2.05, 4.69) is 30.8 Å². The first kappa shape index (κ1) is 21.4. The lowest BCUT2D eigenvalue weighted by atomic mass is 10.0. The van der Waals surface area contributed by atoms with Gasteiger partial charge in [-0.1, -0.05) is 24.3 Å². The van der Waals surface area contributed by atoms with Crippen LogP contribution in [-0.4, -0.2) is 60.1 Å². The Morgan fingerprint density at radius 3 is 2.67 bits per heavy atom. The molecule has 0 N–H and O–H groups in total. The van der Waals surface area contributed by atoms with Crippen LogP contribution < -0.4 is 9.80 Å². The number of pyridine rings is 1. The lowest BCUT2D eigenvalue weighted by Crippen LogP contribution is -2.41. The van der Waals surface area contributed by atoms with E-state index in [1.165, 1.54) is 10.2 Å². The maximum atomic E-state index is 14.2. The van der Waals surface area contributed by atoms with Crippen molar-refractivity contribution in [3.8, 4) is 11.1 Å². The summed E-state index contributed by atoms with van der Waals surface area (Å²) in [5, 5.41) is 5.45. The predicted octanol–water partition coefficient (Wildman–Crippen LogP) is 4.98. The fourth-order valence-electron chi connectivity index (χ4n) is 5.77. The molecule has 1 fully saturated rings. The number of hydrogen-bond donors (Lipinski definition) is 0. The number of hydrogen-bond acceptors (Lipinski definition) is 7. The number of anilines is 2. The van der Waals surface area contributed by atoms with E-state index in [0.717, 1.165) is 28.9 Å². The Morgan fingerprint density at radius 1 is 1.10 bits per heavy atom. The predicted molar refractivity (Wildman–Crippen MR) is 156 cm³/mol. The Kier molecular flexibility index (Phi) is 4.98. The molecule has 0 bridgehead atoms. The van der Waals surface area contributed by atoms with Gasteiger partial charge >= 0.3 is 0 Å². The Balaban J connectivity index is 1.54. The van der Waals surface area contributed by atoms with Gasteiger partial charge in [0.2, 0.25) is 0 Å². The van der Waals surface area contributed by atoms with Crippen LogP contribution in [-0.2, 0) is 21.7 Å². The number of aromatic nitrogens is 4. The van der Waals surface area contributed by atoms with Gasteiger partial charge in [-0.3, -0.25) is 4.68 Å². The minimum absolute atomic E-state index is 0.143. The molecule has 7 rings (SSSR count). The first-order valence-corrected chi connectivity index (χ1v) is 14.9. The van der Waals surface area contributed by atoms with E-state index < -0.39 is 17.0 Å². The molecule has 0 saturated carbocycles. The molecule has 39 heavy (non-hydrogen) atoms. The summed E-state index contributed by atoms with van der Waals surface area (Å²) in [7, 11) is -2.04. The van der Waals surface area contributed by atoms with Crippen LogP contribution in [0.4, 0.5) is 11.4 Å². The fourth-order valence-corrected chi connectivity index (χ4v) is 8.32. The highest BCUT2D eigenvalue weighted by Crippen LogP contribution is 2.50. The molecule has 5 heterocycles. The van der Waals surface area contributed by atoms with Gasteiger partial charge in [-0.15, -0.1) is 0 Å². The van der Waals surface area contributed by atoms with Gasteiger partial charge in [-0.05, 0) is 58.6 Å². The van der Waals surface area contributed by atoms with Crippen LogP contribution in [0.2, 0.25) is 0 Å². The molecule has 5 aromatic rings. The number of nitrogens with zero attached hydrogens (tertiary/aromatic N) is 6. The molecule has 0 atom stereocenters. The molecule has 11 heteroatoms. The molecule has 0 radical (unpaired) electrons. The quantitative estimate of drug-likeness (QED) is 0.284. The van der Waals surface area contributed by atoms with E-state index in [4.69, 9.17) is 13.8 Å². The lowest BCUT2D eigenvalue weighted by Gasteiger charge is -2.33. The summed E-state index contributed by atoms with van der Waals surface area (Å²) in [5.41, 5.74) is 3.97. The maximum absolute atomic E-state index is 14.2. The van der Waals surface area contributed by atoms with Gasteiger partial charge in [0.25, 0.3) is 10.0 Å². The second-order valence-electron chi connectivity index (χ2n) is 9.92. The average Bonchev–Trinajstić information content (AvgIpc) is 3.64. The zero-order valence-corrected chi connectivity index (χ0v) is 23.5. The highest BCUT2D eigenvalue weighted by Gasteiger charge is 2.37. The Hall–Kier alpha value is -3.41. The SMILES string of the molecule is [2H]C([2H])([2H])n1ncc2cc(-c3c(Br)n(S(=O)(=O)c4ccccc4)c4ncc5c(c34)N(C3CCOCC3)CN5C)ccc21. The van der Waals surface area contributed by atoms with E-state index in [-0.39, 0.29) is 10.9 Å². The van der Waals surface area contributed by atoms with E-state index in [1.807, 2.05) is 19.2 Å². The molecular weight excluding hydrogens is 580 g/mol. The summed E-state index contributed by atoms with van der Waals surface area (Å²) in [6, 6.07) is 13.9. The molecule has 9 nitrogen and oxygen atoms in total. The zero-order chi connectivity index (χ0) is 29.4. The van der Waals surface area contributed by atoms with Crippen LogP contribution in [0.25, 0.3) is 33.1 Å². The first-order chi connectivity index (χ1) is 20.1. The van der Waals surface area contributed by atoms with Crippen LogP contribution in [0.3, 0.4) is 0 Å². The Labute approximate surface area is 239 Å². The third-order valence-corrected chi connectivity index (χ3v) is 10.4. The van der Waals surface area contributed by atoms with Gasteiger partial charge in [0, 0.05) is 48.3 Å². The van der Waals surface area contributed by atoms with E-state index in [1.54, 1.807) is 42.6 Å². The van der Waals surface area contributed by atoms with Crippen LogP contribution in [0, 0.1) is 0 Å². The Bertz CT molecular complexity index is 1950. The average molecular weight is 611 g/mol. The van der Waals surface area contributed by atoms with Crippen molar-refractivity contribution >= 4 is 59.3 Å². The van der Waals surface area contributed by atoms with E-state index in [9.17, 15) is 8.42 Å². The van der Waals surface area contributed by atoms with Gasteiger partial charge in [-0.25, -0.2) is 17.4 Å². The molecule has 2 aromatic carbocycles. The summed E-state index contributed by atoms with van der Waals surface area (Å²) in [5.74, 6) is 0. The highest BCUT2D eigenvalue weighted by atomic mass is 79.9. The van der Waals surface area contributed by atoms with Crippen molar-refractivity contribution in [2.45, 2.75) is 23.8 Å². The van der Waals surface area contributed by atoms with Crippen molar-refractivity contribution in [3.05, 3.63) is 65.5 Å². The van der Waals surface area contributed by atoms with Crippen LogP contribution in [0.5, 0.6) is 0 Å². The topological polar surface area (TPSA) is 85.5 Å². The van der Waals surface area contributed by atoms with Gasteiger partial charge < -0.3 is 14.5 Å². The van der Waals surface area contributed by atoms with E-state index >= 15 is 0 Å². The monoisotopic (exact) mass is 609 g/mol. The number of aryl methyl sites for hydroxylation is 1. The van der Waals surface area contributed by atoms with Crippen LogP contribution >= 0.6 is 15.9 Å². The van der Waals surface area contributed by atoms with Gasteiger partial charge in [0.15, 0.2) is 5.65 Å². The van der Waals surface area contributed by atoms with Crippen molar-refractivity contribution in [2.24, 2.45) is 6.98 Å². The normalized spacial score (nSPS) is 17.9. The molecule has 2 aliphatic rings. The number of ether oxygens (including phenoxy) is 1. The molecule has 0 amide bonds. The Morgan fingerprint density at radius 2 is 1.90 bits per heavy atom. The maximum Gasteiger partial charge on any atom is 0.270 e. The van der Waals surface area contributed by atoms with Crippen molar-refractivity contribution in [2.75, 3.05) is 36.7 Å². The zero-order valence-electron chi connectivity index (χ0n) is 24.1. The molecule has 3 aromatic heterocycles. The van der Waals surface area contributed by atoms with Gasteiger partial charge in [0.1, 0.15) is 4.60 Å². The standard InChI is InChI=1S/C28H27BrN6O3S/c1-32-17-34(20-10-12-38-13-11-20)26-23(32)16-30-28-25(26)24(18-8-9-22-19(14-18)15-31-33(22)2)27(29)35(28)39(36,37)21-6-4-3-5-7-21/h3-9,14-16,20H,10-13,17H2,1-2H3/i2D3. The highest BCUT2D eigenvalue weighted by molar-refractivity contribution is 9.10. The number of rotatable bonds is 4. The molecule has 0 spiro atoms. The number of benzene rings is 2. The van der Waals surface area contributed by atoms with Crippen molar-refractivity contribution in [3.63, 3.8) is 0 Å².